The van der Waals surface area contributed by atoms with E-state index in [-0.39, 0.29) is 0 Å². The quantitative estimate of drug-likeness (QED) is 0.137. The van der Waals surface area contributed by atoms with Crippen molar-refractivity contribution in [2.45, 2.75) is 24.7 Å². The summed E-state index contributed by atoms with van der Waals surface area (Å²) in [5.41, 5.74) is 51.0. The summed E-state index contributed by atoms with van der Waals surface area (Å²) in [6, 6.07) is 158. The molecule has 0 fully saturated rings. The third kappa shape index (κ3) is 11.1. The minimum atomic E-state index is -0.502. The molecule has 3 aromatic heterocycles. The van der Waals surface area contributed by atoms with Crippen molar-refractivity contribution in [1.82, 2.24) is 24.9 Å². The second kappa shape index (κ2) is 29.3. The SMILES string of the molecule is Cc1ccc(-c2nc(-c3ccc(C)cc3)nc(-c3cccc(-c4c5c(cc6c4-c4ccccc4C64c6ccccc6-c6ccccc64)-c4cccc6cccc-5c46)c3)n2)cc1.c1ccc(-c2ccc(-c3cc(-c4cncc(-c5c6c(cc7c5-c5ccccc5C75c7ccccc7-c7ccccc75)-c5cccc7cccc-6c57)c4)cc(-c4ccc(-c5ccccc5)cc4)n3)cc2)cc1. The van der Waals surface area contributed by atoms with Gasteiger partial charge >= 0.3 is 0 Å². The number of pyridine rings is 2. The average molecular weight is 1680 g/mol. The number of hydrogen-bond donors (Lipinski definition) is 0. The highest BCUT2D eigenvalue weighted by Gasteiger charge is 2.55. The van der Waals surface area contributed by atoms with E-state index in [0.717, 1.165) is 61.5 Å². The minimum Gasteiger partial charge on any atom is -0.263 e. The van der Waals surface area contributed by atoms with Crippen molar-refractivity contribution in [3.05, 3.63) is 499 Å². The maximum absolute atomic E-state index is 5.41. The van der Waals surface area contributed by atoms with E-state index in [2.05, 4.69) is 451 Å². The van der Waals surface area contributed by atoms with E-state index in [9.17, 15) is 0 Å². The highest BCUT2D eigenvalue weighted by Crippen LogP contribution is 2.70. The van der Waals surface area contributed by atoms with Crippen molar-refractivity contribution >= 4 is 21.5 Å². The number of aryl methyl sites for hydroxylation is 2. The average Bonchev–Trinajstić information content (AvgIpc) is 1.50. The molecular weight excluding hydrogens is 1600 g/mol. The van der Waals surface area contributed by atoms with E-state index in [1.54, 1.807) is 0 Å². The summed E-state index contributed by atoms with van der Waals surface area (Å²) in [7, 11) is 0. The predicted octanol–water partition coefficient (Wildman–Crippen LogP) is 31.9. The zero-order valence-corrected chi connectivity index (χ0v) is 72.4. The minimum absolute atomic E-state index is 0.483. The van der Waals surface area contributed by atoms with Crippen LogP contribution in [0.5, 0.6) is 0 Å². The van der Waals surface area contributed by atoms with Crippen LogP contribution in [-0.2, 0) is 10.8 Å². The fourth-order valence-electron chi connectivity index (χ4n) is 23.2. The summed E-state index contributed by atoms with van der Waals surface area (Å²) in [6.45, 7) is 4.21. The van der Waals surface area contributed by atoms with Gasteiger partial charge in [-0.1, -0.05) is 405 Å². The molecule has 19 aromatic carbocycles. The summed E-state index contributed by atoms with van der Waals surface area (Å²) >= 11 is 0. The molecule has 0 bridgehead atoms. The van der Waals surface area contributed by atoms with Crippen molar-refractivity contribution in [2.75, 3.05) is 0 Å². The molecule has 2 spiro atoms. The third-order valence-electron chi connectivity index (χ3n) is 28.9. The van der Waals surface area contributed by atoms with E-state index < -0.39 is 10.8 Å². The lowest BCUT2D eigenvalue weighted by Gasteiger charge is -2.31. The molecule has 0 saturated carbocycles. The molecule has 0 unspecified atom stereocenters. The van der Waals surface area contributed by atoms with Gasteiger partial charge in [0.2, 0.25) is 0 Å². The zero-order chi connectivity index (χ0) is 87.0. The molecular formula is C127H79N5. The monoisotopic (exact) mass is 1670 g/mol. The lowest BCUT2D eigenvalue weighted by molar-refractivity contribution is 0.794. The van der Waals surface area contributed by atoms with Crippen molar-refractivity contribution in [3.8, 4) is 201 Å². The largest absolute Gasteiger partial charge is 0.263 e. The van der Waals surface area contributed by atoms with Crippen molar-refractivity contribution in [3.63, 3.8) is 0 Å². The van der Waals surface area contributed by atoms with Gasteiger partial charge in [0.25, 0.3) is 0 Å². The Morgan fingerprint density at radius 1 is 0.167 bits per heavy atom. The normalized spacial score (nSPS) is 13.0. The van der Waals surface area contributed by atoms with Crippen LogP contribution in [-0.4, -0.2) is 24.9 Å². The van der Waals surface area contributed by atoms with Crippen molar-refractivity contribution in [2.24, 2.45) is 0 Å². The molecule has 612 valence electrons. The van der Waals surface area contributed by atoms with Gasteiger partial charge in [-0.05, 0) is 250 Å². The molecule has 22 aromatic rings. The molecule has 0 atom stereocenters. The van der Waals surface area contributed by atoms with Crippen LogP contribution in [0.25, 0.3) is 223 Å². The first-order chi connectivity index (χ1) is 65.3. The van der Waals surface area contributed by atoms with Gasteiger partial charge < -0.3 is 0 Å². The summed E-state index contributed by atoms with van der Waals surface area (Å²) in [5.74, 6) is 1.96. The summed E-state index contributed by atoms with van der Waals surface area (Å²) in [4.78, 5) is 26.1. The maximum atomic E-state index is 5.41. The first-order valence-corrected chi connectivity index (χ1v) is 45.6. The van der Waals surface area contributed by atoms with Gasteiger partial charge in [-0.3, -0.25) is 4.98 Å². The Bertz CT molecular complexity index is 8360. The predicted molar refractivity (Wildman–Crippen MR) is 542 cm³/mol. The maximum Gasteiger partial charge on any atom is 0.164 e. The Morgan fingerprint density at radius 3 is 0.894 bits per heavy atom. The van der Waals surface area contributed by atoms with Crippen LogP contribution in [0.3, 0.4) is 0 Å². The summed E-state index contributed by atoms with van der Waals surface area (Å²) in [5, 5.41) is 5.15. The number of benzene rings is 19. The van der Waals surface area contributed by atoms with Gasteiger partial charge in [0, 0.05) is 51.3 Å². The Hall–Kier alpha value is -17.0. The molecule has 132 heavy (non-hydrogen) atoms. The lowest BCUT2D eigenvalue weighted by atomic mass is 9.69. The van der Waals surface area contributed by atoms with Crippen LogP contribution >= 0.6 is 0 Å². The van der Waals surface area contributed by atoms with E-state index >= 15 is 0 Å². The fourth-order valence-corrected chi connectivity index (χ4v) is 23.2. The van der Waals surface area contributed by atoms with Gasteiger partial charge in [-0.25, -0.2) is 19.9 Å². The van der Waals surface area contributed by atoms with Gasteiger partial charge in [0.1, 0.15) is 0 Å². The molecule has 6 aliphatic carbocycles. The van der Waals surface area contributed by atoms with Crippen LogP contribution in [0.4, 0.5) is 0 Å². The molecule has 3 heterocycles. The van der Waals surface area contributed by atoms with Crippen LogP contribution in [0.2, 0.25) is 0 Å². The van der Waals surface area contributed by atoms with Gasteiger partial charge in [0.15, 0.2) is 17.5 Å². The first-order valence-electron chi connectivity index (χ1n) is 45.6. The van der Waals surface area contributed by atoms with Crippen LogP contribution in [0, 0.1) is 13.8 Å². The molecule has 6 aliphatic rings. The molecule has 28 rings (SSSR count). The van der Waals surface area contributed by atoms with Crippen LogP contribution < -0.4 is 0 Å². The number of rotatable bonds is 10. The summed E-state index contributed by atoms with van der Waals surface area (Å²) < 4.78 is 0. The Balaban J connectivity index is 0.000000137. The molecule has 0 N–H and O–H groups in total. The molecule has 0 amide bonds. The Morgan fingerprint density at radius 2 is 0.470 bits per heavy atom. The van der Waals surface area contributed by atoms with Crippen LogP contribution in [0.1, 0.15) is 55.6 Å². The second-order valence-corrected chi connectivity index (χ2v) is 36.0. The second-order valence-electron chi connectivity index (χ2n) is 36.0. The van der Waals surface area contributed by atoms with Gasteiger partial charge in [0.05, 0.1) is 22.2 Å². The molecule has 0 saturated heterocycles. The number of hydrogen-bond acceptors (Lipinski definition) is 5. The molecule has 0 aliphatic heterocycles. The highest BCUT2D eigenvalue weighted by molar-refractivity contribution is 6.23. The van der Waals surface area contributed by atoms with E-state index in [0.29, 0.717) is 17.5 Å². The number of aromatic nitrogens is 5. The van der Waals surface area contributed by atoms with E-state index in [1.807, 2.05) is 6.20 Å². The van der Waals surface area contributed by atoms with Crippen LogP contribution in [0.15, 0.2) is 443 Å². The standard InChI is InChI=1S/C69H42N2.C58H37N3/c1-3-15-43(16-4-1)45-29-33-47(34-30-45)63-38-50(39-64(71-63)48-35-31-46(32-36-48)44-17-5-2-6-18-44)51-37-52(42-70-41-51)66-67-57-25-14-20-49-19-13-24-55(65(49)57)58(67)40-62-68(66)56-23-9-12-28-61(56)69(62)59-26-10-7-21-53(59)54-22-8-11-27-60(54)69;1-34-24-28-37(29-25-34)55-59-56(38-30-26-35(2)27-31-38)61-57(60-55)40-15-9-14-39(32-40)52-53-45-20-11-13-36-12-10-19-43(51(36)45)46(53)33-50-54(52)44-18-5-8-23-49(44)58(50)47-21-6-3-16-41(47)42-17-4-7-22-48(42)58/h1-42H;3-33H,1-2H3. The smallest absolute Gasteiger partial charge is 0.164 e. The fraction of sp³-hybridized carbons (Fsp3) is 0.0315. The van der Waals surface area contributed by atoms with Crippen molar-refractivity contribution < 1.29 is 0 Å². The molecule has 5 heteroatoms. The molecule has 5 nitrogen and oxygen atoms in total. The number of fused-ring (bicyclic) bond motifs is 26. The van der Waals surface area contributed by atoms with Gasteiger partial charge in [-0.15, -0.1) is 0 Å². The topological polar surface area (TPSA) is 64.5 Å². The zero-order valence-electron chi connectivity index (χ0n) is 72.4. The highest BCUT2D eigenvalue weighted by atomic mass is 15.0. The Kier molecular flexibility index (Phi) is 16.7. The number of nitrogens with zero attached hydrogens (tertiary/aromatic N) is 5. The summed E-state index contributed by atoms with van der Waals surface area (Å²) in [6.07, 6.45) is 4.13. The van der Waals surface area contributed by atoms with Crippen molar-refractivity contribution in [1.29, 1.82) is 0 Å². The Labute approximate surface area is 765 Å². The first kappa shape index (κ1) is 75.2. The van der Waals surface area contributed by atoms with E-state index in [1.165, 1.54) is 200 Å². The van der Waals surface area contributed by atoms with E-state index in [4.69, 9.17) is 24.9 Å². The lowest BCUT2D eigenvalue weighted by Crippen LogP contribution is -2.26. The molecule has 0 radical (unpaired) electrons. The van der Waals surface area contributed by atoms with Gasteiger partial charge in [-0.2, -0.15) is 0 Å². The third-order valence-corrected chi connectivity index (χ3v) is 28.9.